The van der Waals surface area contributed by atoms with Gasteiger partial charge in [0.1, 0.15) is 0 Å². The van der Waals surface area contributed by atoms with E-state index in [2.05, 4.69) is 6.07 Å². The van der Waals surface area contributed by atoms with Gasteiger partial charge >= 0.3 is 5.97 Å². The number of hydrogen-bond acceptors (Lipinski definition) is 2. The Labute approximate surface area is 73.0 Å². The van der Waals surface area contributed by atoms with E-state index >= 15 is 0 Å². The van der Waals surface area contributed by atoms with Gasteiger partial charge in [-0.05, 0) is 18.3 Å². The van der Waals surface area contributed by atoms with E-state index in [1.54, 1.807) is 0 Å². The van der Waals surface area contributed by atoms with Crippen molar-refractivity contribution in [3.05, 3.63) is 0 Å². The summed E-state index contributed by atoms with van der Waals surface area (Å²) in [5, 5.41) is 16.8. The number of carbonyl (C=O) groups is 1. The largest absolute Gasteiger partial charge is 0.481 e. The lowest BCUT2D eigenvalue weighted by Crippen LogP contribution is -2.08. The number of carboxylic acids is 1. The van der Waals surface area contributed by atoms with Crippen LogP contribution in [0.3, 0.4) is 0 Å². The van der Waals surface area contributed by atoms with Crippen molar-refractivity contribution < 1.29 is 9.90 Å². The summed E-state index contributed by atoms with van der Waals surface area (Å²) in [5.41, 5.74) is 0. The fourth-order valence-electron chi connectivity index (χ4n) is 1.31. The van der Waals surface area contributed by atoms with Crippen LogP contribution >= 0.6 is 0 Å². The fourth-order valence-corrected chi connectivity index (χ4v) is 1.31. The van der Waals surface area contributed by atoms with Crippen LogP contribution in [0.25, 0.3) is 0 Å². The van der Waals surface area contributed by atoms with E-state index in [1.165, 1.54) is 0 Å². The first-order chi connectivity index (χ1) is 5.56. The highest BCUT2D eigenvalue weighted by Crippen LogP contribution is 2.17. The third-order valence-corrected chi connectivity index (χ3v) is 1.77. The Morgan fingerprint density at radius 2 is 2.08 bits per heavy atom. The monoisotopic (exact) mass is 169 g/mol. The van der Waals surface area contributed by atoms with Crippen molar-refractivity contribution >= 4 is 5.97 Å². The number of nitrogens with zero attached hydrogens (tertiary/aromatic N) is 1. The minimum atomic E-state index is -0.758. The highest BCUT2D eigenvalue weighted by molar-refractivity contribution is 5.66. The third-order valence-electron chi connectivity index (χ3n) is 1.77. The van der Waals surface area contributed by atoms with Gasteiger partial charge in [-0.2, -0.15) is 5.26 Å². The molecule has 0 aliphatic heterocycles. The predicted octanol–water partition coefficient (Wildman–Crippen LogP) is 2.04. The van der Waals surface area contributed by atoms with Crippen LogP contribution in [-0.4, -0.2) is 11.1 Å². The van der Waals surface area contributed by atoms with Gasteiger partial charge in [0, 0.05) is 12.8 Å². The molecule has 0 aliphatic rings. The van der Waals surface area contributed by atoms with Crippen molar-refractivity contribution in [2.75, 3.05) is 0 Å². The molecule has 0 unspecified atom stereocenters. The third kappa shape index (κ3) is 5.72. The molecule has 0 saturated carbocycles. The van der Waals surface area contributed by atoms with Gasteiger partial charge in [0.15, 0.2) is 0 Å². The van der Waals surface area contributed by atoms with Gasteiger partial charge in [-0.15, -0.1) is 0 Å². The van der Waals surface area contributed by atoms with E-state index in [9.17, 15) is 4.79 Å². The second-order valence-electron chi connectivity index (χ2n) is 3.41. The molecule has 1 N–H and O–H groups in total. The maximum absolute atomic E-state index is 10.3. The van der Waals surface area contributed by atoms with Crippen molar-refractivity contribution in [2.45, 2.75) is 33.1 Å². The van der Waals surface area contributed by atoms with Crippen LogP contribution in [-0.2, 0) is 4.79 Å². The lowest BCUT2D eigenvalue weighted by molar-refractivity contribution is -0.138. The Morgan fingerprint density at radius 1 is 1.50 bits per heavy atom. The molecule has 12 heavy (non-hydrogen) atoms. The number of aliphatic carboxylic acids is 1. The van der Waals surface area contributed by atoms with Crippen molar-refractivity contribution in [1.29, 1.82) is 5.26 Å². The van der Waals surface area contributed by atoms with Crippen LogP contribution in [0.2, 0.25) is 0 Å². The molecule has 0 aromatic rings. The Bertz CT molecular complexity index is 183. The van der Waals surface area contributed by atoms with Gasteiger partial charge in [0.2, 0.25) is 0 Å². The molecule has 0 heterocycles. The molecule has 3 heteroatoms. The van der Waals surface area contributed by atoms with E-state index < -0.39 is 5.97 Å². The second kappa shape index (κ2) is 5.59. The molecule has 0 fully saturated rings. The SMILES string of the molecule is C[C@H](CC#N)C[C@@H](C)CC(=O)O. The highest BCUT2D eigenvalue weighted by atomic mass is 16.4. The average molecular weight is 169 g/mol. The maximum Gasteiger partial charge on any atom is 0.303 e. The Kier molecular flexibility index (Phi) is 5.11. The summed E-state index contributed by atoms with van der Waals surface area (Å²) in [7, 11) is 0. The number of hydrogen-bond donors (Lipinski definition) is 1. The summed E-state index contributed by atoms with van der Waals surface area (Å²) >= 11 is 0. The molecule has 0 spiro atoms. The van der Waals surface area contributed by atoms with E-state index in [0.29, 0.717) is 12.3 Å². The van der Waals surface area contributed by atoms with Crippen LogP contribution in [0.15, 0.2) is 0 Å². The fraction of sp³-hybridized carbons (Fsp3) is 0.778. The minimum Gasteiger partial charge on any atom is -0.481 e. The Balaban J connectivity index is 3.62. The lowest BCUT2D eigenvalue weighted by atomic mass is 9.93. The van der Waals surface area contributed by atoms with E-state index in [1.807, 2.05) is 13.8 Å². The molecule has 0 aromatic carbocycles. The van der Waals surface area contributed by atoms with E-state index in [0.717, 1.165) is 6.42 Å². The molecule has 0 rings (SSSR count). The van der Waals surface area contributed by atoms with Crippen LogP contribution in [0.1, 0.15) is 33.1 Å². The average Bonchev–Trinajstić information content (AvgIpc) is 1.84. The molecule has 68 valence electrons. The first-order valence-electron chi connectivity index (χ1n) is 4.15. The zero-order chi connectivity index (χ0) is 9.56. The lowest BCUT2D eigenvalue weighted by Gasteiger charge is -2.12. The molecular formula is C9H15NO2. The number of carboxylic acid groups (broad SMARTS) is 1. The Hall–Kier alpha value is -1.04. The molecular weight excluding hydrogens is 154 g/mol. The standard InChI is InChI=1S/C9H15NO2/c1-7(3-4-10)5-8(2)6-9(11)12/h7-8H,3,5-6H2,1-2H3,(H,11,12)/t7-,8-/m1/s1. The van der Waals surface area contributed by atoms with Crippen molar-refractivity contribution in [3.8, 4) is 6.07 Å². The molecule has 2 atom stereocenters. The second-order valence-corrected chi connectivity index (χ2v) is 3.41. The highest BCUT2D eigenvalue weighted by Gasteiger charge is 2.11. The zero-order valence-electron chi connectivity index (χ0n) is 7.58. The van der Waals surface area contributed by atoms with Gasteiger partial charge in [-0.1, -0.05) is 13.8 Å². The molecule has 0 saturated heterocycles. The van der Waals surface area contributed by atoms with Crippen LogP contribution in [0.4, 0.5) is 0 Å². The number of rotatable bonds is 5. The summed E-state index contributed by atoms with van der Waals surface area (Å²) in [6.07, 6.45) is 1.54. The predicted molar refractivity (Wildman–Crippen MR) is 45.4 cm³/mol. The zero-order valence-corrected chi connectivity index (χ0v) is 7.58. The minimum absolute atomic E-state index is 0.172. The van der Waals surface area contributed by atoms with Gasteiger partial charge in [0.25, 0.3) is 0 Å². The summed E-state index contributed by atoms with van der Waals surface area (Å²) < 4.78 is 0. The first-order valence-corrected chi connectivity index (χ1v) is 4.15. The van der Waals surface area contributed by atoms with E-state index in [-0.39, 0.29) is 12.3 Å². The van der Waals surface area contributed by atoms with E-state index in [4.69, 9.17) is 10.4 Å². The maximum atomic E-state index is 10.3. The normalized spacial score (nSPS) is 14.8. The smallest absolute Gasteiger partial charge is 0.303 e. The van der Waals surface area contributed by atoms with Gasteiger partial charge in [0.05, 0.1) is 6.07 Å². The number of nitriles is 1. The summed E-state index contributed by atoms with van der Waals surface area (Å²) in [6, 6.07) is 2.08. The van der Waals surface area contributed by atoms with Crippen LogP contribution in [0.5, 0.6) is 0 Å². The Morgan fingerprint density at radius 3 is 2.50 bits per heavy atom. The molecule has 3 nitrogen and oxygen atoms in total. The van der Waals surface area contributed by atoms with Gasteiger partial charge < -0.3 is 5.11 Å². The molecule has 0 aliphatic carbocycles. The first kappa shape index (κ1) is 11.0. The summed E-state index contributed by atoms with van der Waals surface area (Å²) in [4.78, 5) is 10.3. The molecule has 0 aromatic heterocycles. The molecule has 0 radical (unpaired) electrons. The molecule has 0 amide bonds. The quantitative estimate of drug-likeness (QED) is 0.685. The topological polar surface area (TPSA) is 61.1 Å². The van der Waals surface area contributed by atoms with Crippen LogP contribution < -0.4 is 0 Å². The van der Waals surface area contributed by atoms with Crippen molar-refractivity contribution in [3.63, 3.8) is 0 Å². The molecule has 0 bridgehead atoms. The summed E-state index contributed by atoms with van der Waals surface area (Å²) in [6.45, 7) is 3.88. The van der Waals surface area contributed by atoms with Crippen molar-refractivity contribution in [1.82, 2.24) is 0 Å². The summed E-state index contributed by atoms with van der Waals surface area (Å²) in [5.74, 6) is -0.276. The van der Waals surface area contributed by atoms with Gasteiger partial charge in [-0.3, -0.25) is 4.79 Å². The van der Waals surface area contributed by atoms with Gasteiger partial charge in [-0.25, -0.2) is 0 Å². The van der Waals surface area contributed by atoms with Crippen molar-refractivity contribution in [2.24, 2.45) is 11.8 Å². The van der Waals surface area contributed by atoms with Crippen LogP contribution in [0, 0.1) is 23.2 Å².